The molecule has 19 heavy (non-hydrogen) atoms. The summed E-state index contributed by atoms with van der Waals surface area (Å²) in [6.45, 7) is 0.458. The number of rotatable bonds is 3. The van der Waals surface area contributed by atoms with E-state index in [9.17, 15) is 4.79 Å². The van der Waals surface area contributed by atoms with Gasteiger partial charge >= 0.3 is 0 Å². The van der Waals surface area contributed by atoms with E-state index in [1.807, 2.05) is 6.07 Å². The summed E-state index contributed by atoms with van der Waals surface area (Å²) < 4.78 is 1.79. The summed E-state index contributed by atoms with van der Waals surface area (Å²) in [7, 11) is 0. The molecule has 0 aromatic carbocycles. The smallest absolute Gasteiger partial charge is 0.251 e. The highest BCUT2D eigenvalue weighted by molar-refractivity contribution is 5.29. The van der Waals surface area contributed by atoms with Gasteiger partial charge in [0.1, 0.15) is 0 Å². The van der Waals surface area contributed by atoms with Gasteiger partial charge in [0.05, 0.1) is 24.6 Å². The molecule has 3 rings (SSSR count). The fourth-order valence-corrected chi connectivity index (χ4v) is 2.48. The van der Waals surface area contributed by atoms with Crippen LogP contribution in [0.4, 0.5) is 5.82 Å². The molecule has 0 aliphatic heterocycles. The largest absolute Gasteiger partial charge is 0.307 e. The molecule has 1 aliphatic carbocycles. The summed E-state index contributed by atoms with van der Waals surface area (Å²) in [6.07, 6.45) is 6.32. The van der Waals surface area contributed by atoms with Crippen molar-refractivity contribution < 1.29 is 0 Å². The Balaban J connectivity index is 1.94. The Kier molecular flexibility index (Phi) is 3.00. The van der Waals surface area contributed by atoms with Gasteiger partial charge in [-0.1, -0.05) is 6.07 Å². The van der Waals surface area contributed by atoms with Crippen LogP contribution in [0.5, 0.6) is 0 Å². The van der Waals surface area contributed by atoms with Crippen LogP contribution in [0.1, 0.15) is 23.4 Å². The monoisotopic (exact) mass is 257 g/mol. The van der Waals surface area contributed by atoms with E-state index in [0.29, 0.717) is 12.4 Å². The third kappa shape index (κ3) is 2.22. The van der Waals surface area contributed by atoms with Crippen molar-refractivity contribution in [2.24, 2.45) is 5.84 Å². The number of nitrogens with one attached hydrogen (secondary N) is 1. The van der Waals surface area contributed by atoms with Crippen LogP contribution in [0.25, 0.3) is 0 Å². The normalized spacial score (nSPS) is 13.3. The topological polar surface area (TPSA) is 85.8 Å². The first kappa shape index (κ1) is 11.9. The SMILES string of the molecule is NNc1cnc(Cn2c3c(ccc2=O)CCC3)cn1. The molecule has 0 amide bonds. The number of nitrogen functional groups attached to an aromatic ring is 1. The fourth-order valence-electron chi connectivity index (χ4n) is 2.48. The molecular formula is C13H15N5O. The lowest BCUT2D eigenvalue weighted by atomic mass is 10.2. The quantitative estimate of drug-likeness (QED) is 0.616. The van der Waals surface area contributed by atoms with E-state index in [1.165, 1.54) is 5.56 Å². The molecule has 2 heterocycles. The Hall–Kier alpha value is -2.21. The molecule has 0 atom stereocenters. The Labute approximate surface area is 110 Å². The van der Waals surface area contributed by atoms with Gasteiger partial charge in [-0.25, -0.2) is 10.8 Å². The van der Waals surface area contributed by atoms with Crippen molar-refractivity contribution in [3.63, 3.8) is 0 Å². The fraction of sp³-hybridized carbons (Fsp3) is 0.308. The van der Waals surface area contributed by atoms with Gasteiger partial charge in [-0.05, 0) is 24.8 Å². The number of hydrazine groups is 1. The zero-order chi connectivity index (χ0) is 13.2. The van der Waals surface area contributed by atoms with E-state index in [0.717, 1.165) is 30.7 Å². The minimum Gasteiger partial charge on any atom is -0.307 e. The van der Waals surface area contributed by atoms with Crippen LogP contribution in [0.15, 0.2) is 29.3 Å². The van der Waals surface area contributed by atoms with Crippen LogP contribution in [-0.4, -0.2) is 14.5 Å². The van der Waals surface area contributed by atoms with E-state index in [4.69, 9.17) is 5.84 Å². The standard InChI is InChI=1S/C13H15N5O/c14-17-12-7-15-10(6-16-12)8-18-11-3-1-2-9(11)4-5-13(18)19/h4-7H,1-3,8,14H2,(H,16,17). The lowest BCUT2D eigenvalue weighted by molar-refractivity contribution is 0.690. The van der Waals surface area contributed by atoms with Crippen LogP contribution < -0.4 is 16.8 Å². The van der Waals surface area contributed by atoms with Crippen molar-refractivity contribution >= 4 is 5.82 Å². The first-order valence-corrected chi connectivity index (χ1v) is 6.27. The summed E-state index contributed by atoms with van der Waals surface area (Å²) in [5, 5.41) is 0. The van der Waals surface area contributed by atoms with Crippen LogP contribution in [0, 0.1) is 0 Å². The lowest BCUT2D eigenvalue weighted by Crippen LogP contribution is -2.23. The second-order valence-corrected chi connectivity index (χ2v) is 4.62. The molecule has 0 saturated heterocycles. The first-order valence-electron chi connectivity index (χ1n) is 6.27. The summed E-state index contributed by atoms with van der Waals surface area (Å²) in [5.41, 5.74) is 5.60. The Bertz CT molecular complexity index is 647. The molecule has 0 unspecified atom stereocenters. The first-order chi connectivity index (χ1) is 9.28. The highest BCUT2D eigenvalue weighted by Gasteiger charge is 2.16. The Morgan fingerprint density at radius 1 is 1.26 bits per heavy atom. The highest BCUT2D eigenvalue weighted by Crippen LogP contribution is 2.20. The minimum absolute atomic E-state index is 0.0171. The molecule has 98 valence electrons. The number of aryl methyl sites for hydroxylation is 1. The van der Waals surface area contributed by atoms with E-state index in [1.54, 1.807) is 23.0 Å². The van der Waals surface area contributed by atoms with E-state index >= 15 is 0 Å². The maximum absolute atomic E-state index is 12.0. The summed E-state index contributed by atoms with van der Waals surface area (Å²) in [5.74, 6) is 5.75. The molecule has 0 spiro atoms. The maximum Gasteiger partial charge on any atom is 0.251 e. The number of hydrogen-bond donors (Lipinski definition) is 2. The predicted octanol–water partition coefficient (Wildman–Crippen LogP) is 0.461. The van der Waals surface area contributed by atoms with Crippen molar-refractivity contribution in [1.82, 2.24) is 14.5 Å². The predicted molar refractivity (Wildman–Crippen MR) is 71.7 cm³/mol. The van der Waals surface area contributed by atoms with Crippen molar-refractivity contribution in [1.29, 1.82) is 0 Å². The molecule has 2 aromatic heterocycles. The average molecular weight is 257 g/mol. The molecule has 6 heteroatoms. The molecule has 2 aromatic rings. The van der Waals surface area contributed by atoms with Gasteiger partial charge in [-0.15, -0.1) is 0 Å². The van der Waals surface area contributed by atoms with Crippen LogP contribution >= 0.6 is 0 Å². The summed E-state index contributed by atoms with van der Waals surface area (Å²) in [6, 6.07) is 3.57. The zero-order valence-electron chi connectivity index (χ0n) is 10.5. The van der Waals surface area contributed by atoms with Crippen LogP contribution in [-0.2, 0) is 19.4 Å². The molecule has 0 radical (unpaired) electrons. The zero-order valence-corrected chi connectivity index (χ0v) is 10.5. The summed E-state index contributed by atoms with van der Waals surface area (Å²) >= 11 is 0. The number of nitrogens with zero attached hydrogens (tertiary/aromatic N) is 3. The third-order valence-corrected chi connectivity index (χ3v) is 3.42. The highest BCUT2D eigenvalue weighted by atomic mass is 16.1. The van der Waals surface area contributed by atoms with Crippen LogP contribution in [0.2, 0.25) is 0 Å². The van der Waals surface area contributed by atoms with Gasteiger partial charge in [0.15, 0.2) is 5.82 Å². The van der Waals surface area contributed by atoms with E-state index < -0.39 is 0 Å². The van der Waals surface area contributed by atoms with Crippen LogP contribution in [0.3, 0.4) is 0 Å². The van der Waals surface area contributed by atoms with Gasteiger partial charge in [0.25, 0.3) is 5.56 Å². The number of anilines is 1. The molecule has 0 saturated carbocycles. The van der Waals surface area contributed by atoms with Crippen molar-refractivity contribution in [3.05, 3.63) is 51.8 Å². The van der Waals surface area contributed by atoms with Gasteiger partial charge in [0, 0.05) is 11.8 Å². The molecule has 0 bridgehead atoms. The Morgan fingerprint density at radius 3 is 2.89 bits per heavy atom. The molecule has 6 nitrogen and oxygen atoms in total. The molecular weight excluding hydrogens is 242 g/mol. The van der Waals surface area contributed by atoms with Gasteiger partial charge in [0.2, 0.25) is 0 Å². The molecule has 0 fully saturated rings. The number of pyridine rings is 1. The molecule has 1 aliphatic rings. The second-order valence-electron chi connectivity index (χ2n) is 4.62. The van der Waals surface area contributed by atoms with Crippen molar-refractivity contribution in [2.45, 2.75) is 25.8 Å². The maximum atomic E-state index is 12.0. The number of aromatic nitrogens is 3. The van der Waals surface area contributed by atoms with Gasteiger partial charge in [-0.3, -0.25) is 9.78 Å². The Morgan fingerprint density at radius 2 is 2.16 bits per heavy atom. The third-order valence-electron chi connectivity index (χ3n) is 3.42. The number of fused-ring (bicyclic) bond motifs is 1. The van der Waals surface area contributed by atoms with Crippen molar-refractivity contribution in [2.75, 3.05) is 5.43 Å². The summed E-state index contributed by atoms with van der Waals surface area (Å²) in [4.78, 5) is 20.3. The van der Waals surface area contributed by atoms with Gasteiger partial charge in [-0.2, -0.15) is 0 Å². The minimum atomic E-state index is 0.0171. The molecule has 3 N–H and O–H groups in total. The van der Waals surface area contributed by atoms with E-state index in [2.05, 4.69) is 15.4 Å². The van der Waals surface area contributed by atoms with Gasteiger partial charge < -0.3 is 9.99 Å². The van der Waals surface area contributed by atoms with E-state index in [-0.39, 0.29) is 5.56 Å². The lowest BCUT2D eigenvalue weighted by Gasteiger charge is -2.11. The number of nitrogens with two attached hydrogens (primary N) is 1. The number of hydrogen-bond acceptors (Lipinski definition) is 5. The average Bonchev–Trinajstić information content (AvgIpc) is 2.91. The van der Waals surface area contributed by atoms with Crippen molar-refractivity contribution in [3.8, 4) is 0 Å². The second kappa shape index (κ2) is 4.81.